The summed E-state index contributed by atoms with van der Waals surface area (Å²) >= 11 is 3.52. The molecule has 1 aromatic carbocycles. The number of hydrogen-bond donors (Lipinski definition) is 2. The SMILES string of the molecule is COc1ccc(Br)c(C2CNCCO2)c1NC(C)=O. The maximum absolute atomic E-state index is 11.4. The lowest BCUT2D eigenvalue weighted by Crippen LogP contribution is -2.34. The van der Waals surface area contributed by atoms with Crippen LogP contribution in [0, 0.1) is 0 Å². The zero-order chi connectivity index (χ0) is 13.8. The summed E-state index contributed by atoms with van der Waals surface area (Å²) in [6.45, 7) is 3.67. The van der Waals surface area contributed by atoms with Gasteiger partial charge in [-0.1, -0.05) is 15.9 Å². The van der Waals surface area contributed by atoms with E-state index >= 15 is 0 Å². The number of amides is 1. The molecule has 0 radical (unpaired) electrons. The molecule has 5 nitrogen and oxygen atoms in total. The smallest absolute Gasteiger partial charge is 0.221 e. The topological polar surface area (TPSA) is 59.6 Å². The Labute approximate surface area is 120 Å². The fourth-order valence-electron chi connectivity index (χ4n) is 2.11. The van der Waals surface area contributed by atoms with Crippen LogP contribution in [0.2, 0.25) is 0 Å². The van der Waals surface area contributed by atoms with Crippen LogP contribution in [0.5, 0.6) is 5.75 Å². The van der Waals surface area contributed by atoms with Gasteiger partial charge in [0.2, 0.25) is 5.91 Å². The lowest BCUT2D eigenvalue weighted by Gasteiger charge is -2.27. The Balaban J connectivity index is 2.45. The van der Waals surface area contributed by atoms with Crippen molar-refractivity contribution < 1.29 is 14.3 Å². The highest BCUT2D eigenvalue weighted by molar-refractivity contribution is 9.10. The molecule has 1 aromatic rings. The number of hydrogen-bond acceptors (Lipinski definition) is 4. The molecule has 1 aliphatic heterocycles. The largest absolute Gasteiger partial charge is 0.495 e. The number of carbonyl (C=O) groups is 1. The van der Waals surface area contributed by atoms with Gasteiger partial charge in [-0.15, -0.1) is 0 Å². The fraction of sp³-hybridized carbons (Fsp3) is 0.462. The third-order valence-corrected chi connectivity index (χ3v) is 3.62. The number of methoxy groups -OCH3 is 1. The molecule has 0 aliphatic carbocycles. The van der Waals surface area contributed by atoms with E-state index in [2.05, 4.69) is 26.6 Å². The number of carbonyl (C=O) groups excluding carboxylic acids is 1. The molecule has 1 saturated heterocycles. The Bertz CT molecular complexity index is 473. The maximum atomic E-state index is 11.4. The number of rotatable bonds is 3. The molecule has 1 aliphatic rings. The molecular formula is C13H17BrN2O3. The molecule has 6 heteroatoms. The summed E-state index contributed by atoms with van der Waals surface area (Å²) < 4.78 is 12.0. The minimum Gasteiger partial charge on any atom is -0.495 e. The second kappa shape index (κ2) is 6.36. The van der Waals surface area contributed by atoms with Gasteiger partial charge in [-0.3, -0.25) is 4.79 Å². The number of morpholine rings is 1. The first-order valence-electron chi connectivity index (χ1n) is 6.09. The first kappa shape index (κ1) is 14.3. The monoisotopic (exact) mass is 328 g/mol. The van der Waals surface area contributed by atoms with E-state index in [4.69, 9.17) is 9.47 Å². The lowest BCUT2D eigenvalue weighted by molar-refractivity contribution is -0.114. The second-order valence-corrected chi connectivity index (χ2v) is 5.14. The van der Waals surface area contributed by atoms with Crippen molar-refractivity contribution >= 4 is 27.5 Å². The predicted molar refractivity (Wildman–Crippen MR) is 76.6 cm³/mol. The number of benzene rings is 1. The average Bonchev–Trinajstić information content (AvgIpc) is 2.39. The normalized spacial score (nSPS) is 19.0. The van der Waals surface area contributed by atoms with Crippen molar-refractivity contribution in [3.63, 3.8) is 0 Å². The fourth-order valence-corrected chi connectivity index (χ4v) is 2.70. The minimum absolute atomic E-state index is 0.111. The molecular weight excluding hydrogens is 312 g/mol. The number of ether oxygens (including phenoxy) is 2. The van der Waals surface area contributed by atoms with Crippen molar-refractivity contribution in [2.45, 2.75) is 13.0 Å². The van der Waals surface area contributed by atoms with Crippen LogP contribution in [0.25, 0.3) is 0 Å². The van der Waals surface area contributed by atoms with Gasteiger partial charge in [0.15, 0.2) is 0 Å². The highest BCUT2D eigenvalue weighted by Crippen LogP contribution is 2.39. The Hall–Kier alpha value is -1.11. The van der Waals surface area contributed by atoms with E-state index in [-0.39, 0.29) is 12.0 Å². The summed E-state index contributed by atoms with van der Waals surface area (Å²) in [4.78, 5) is 11.4. The Morgan fingerprint density at radius 2 is 2.37 bits per heavy atom. The molecule has 1 amide bonds. The van der Waals surface area contributed by atoms with Crippen molar-refractivity contribution in [1.82, 2.24) is 5.32 Å². The molecule has 104 valence electrons. The Kier molecular flexibility index (Phi) is 4.79. The first-order valence-corrected chi connectivity index (χ1v) is 6.89. The molecule has 2 N–H and O–H groups in total. The average molecular weight is 329 g/mol. The summed E-state index contributed by atoms with van der Waals surface area (Å²) in [6, 6.07) is 3.71. The molecule has 1 unspecified atom stereocenters. The molecule has 1 fully saturated rings. The van der Waals surface area contributed by atoms with Gasteiger partial charge >= 0.3 is 0 Å². The summed E-state index contributed by atoms with van der Waals surface area (Å²) in [5.74, 6) is 0.490. The second-order valence-electron chi connectivity index (χ2n) is 4.28. The van der Waals surface area contributed by atoms with Crippen LogP contribution >= 0.6 is 15.9 Å². The van der Waals surface area contributed by atoms with Crippen molar-refractivity contribution in [2.24, 2.45) is 0 Å². The van der Waals surface area contributed by atoms with E-state index in [1.54, 1.807) is 7.11 Å². The van der Waals surface area contributed by atoms with Crippen LogP contribution in [0.3, 0.4) is 0 Å². The number of anilines is 1. The molecule has 0 spiro atoms. The Morgan fingerprint density at radius 1 is 1.58 bits per heavy atom. The molecule has 0 aromatic heterocycles. The Morgan fingerprint density at radius 3 is 2.95 bits per heavy atom. The number of halogens is 1. The molecule has 0 saturated carbocycles. The van der Waals surface area contributed by atoms with E-state index in [0.29, 0.717) is 24.6 Å². The van der Waals surface area contributed by atoms with Gasteiger partial charge < -0.3 is 20.1 Å². The predicted octanol–water partition coefficient (Wildman–Crippen LogP) is 2.08. The zero-order valence-electron chi connectivity index (χ0n) is 11.0. The molecule has 2 rings (SSSR count). The zero-order valence-corrected chi connectivity index (χ0v) is 12.5. The van der Waals surface area contributed by atoms with Crippen molar-refractivity contribution in [3.05, 3.63) is 22.2 Å². The number of nitrogens with one attached hydrogen (secondary N) is 2. The van der Waals surface area contributed by atoms with Crippen LogP contribution in [-0.2, 0) is 9.53 Å². The third kappa shape index (κ3) is 3.26. The molecule has 1 atom stereocenters. The van der Waals surface area contributed by atoms with Crippen LogP contribution < -0.4 is 15.4 Å². The highest BCUT2D eigenvalue weighted by Gasteiger charge is 2.24. The van der Waals surface area contributed by atoms with Crippen molar-refractivity contribution in [2.75, 3.05) is 32.1 Å². The van der Waals surface area contributed by atoms with E-state index in [0.717, 1.165) is 16.6 Å². The van der Waals surface area contributed by atoms with Crippen LogP contribution in [-0.4, -0.2) is 32.7 Å². The van der Waals surface area contributed by atoms with Crippen LogP contribution in [0.1, 0.15) is 18.6 Å². The van der Waals surface area contributed by atoms with E-state index in [1.165, 1.54) is 6.92 Å². The first-order chi connectivity index (χ1) is 9.13. The van der Waals surface area contributed by atoms with Gasteiger partial charge in [-0.25, -0.2) is 0 Å². The van der Waals surface area contributed by atoms with Gasteiger partial charge in [0, 0.05) is 30.0 Å². The van der Waals surface area contributed by atoms with Crippen LogP contribution in [0.15, 0.2) is 16.6 Å². The standard InChI is InChI=1S/C13H17BrN2O3/c1-8(17)16-13-10(18-2)4-3-9(14)12(13)11-7-15-5-6-19-11/h3-4,11,15H,5-7H2,1-2H3,(H,16,17). The molecule has 1 heterocycles. The maximum Gasteiger partial charge on any atom is 0.221 e. The van der Waals surface area contributed by atoms with E-state index in [9.17, 15) is 4.79 Å². The van der Waals surface area contributed by atoms with Gasteiger partial charge in [-0.05, 0) is 12.1 Å². The molecule has 0 bridgehead atoms. The van der Waals surface area contributed by atoms with E-state index in [1.807, 2.05) is 12.1 Å². The summed E-state index contributed by atoms with van der Waals surface area (Å²) in [7, 11) is 1.58. The minimum atomic E-state index is -0.138. The van der Waals surface area contributed by atoms with Crippen molar-refractivity contribution in [1.29, 1.82) is 0 Å². The van der Waals surface area contributed by atoms with E-state index < -0.39 is 0 Å². The van der Waals surface area contributed by atoms with Gasteiger partial charge in [-0.2, -0.15) is 0 Å². The highest BCUT2D eigenvalue weighted by atomic mass is 79.9. The van der Waals surface area contributed by atoms with Gasteiger partial charge in [0.1, 0.15) is 5.75 Å². The lowest BCUT2D eigenvalue weighted by atomic mass is 10.0. The van der Waals surface area contributed by atoms with Crippen LogP contribution in [0.4, 0.5) is 5.69 Å². The van der Waals surface area contributed by atoms with Gasteiger partial charge in [0.05, 0.1) is 25.5 Å². The third-order valence-electron chi connectivity index (χ3n) is 2.92. The van der Waals surface area contributed by atoms with Gasteiger partial charge in [0.25, 0.3) is 0 Å². The van der Waals surface area contributed by atoms with Crippen molar-refractivity contribution in [3.8, 4) is 5.75 Å². The summed E-state index contributed by atoms with van der Waals surface area (Å²) in [5.41, 5.74) is 1.57. The summed E-state index contributed by atoms with van der Waals surface area (Å²) in [5, 5.41) is 6.11. The summed E-state index contributed by atoms with van der Waals surface area (Å²) in [6.07, 6.45) is -0.111. The molecule has 19 heavy (non-hydrogen) atoms. The quantitative estimate of drug-likeness (QED) is 0.891.